The summed E-state index contributed by atoms with van der Waals surface area (Å²) >= 11 is 1.32. The molecule has 1 heterocycles. The van der Waals surface area contributed by atoms with Crippen molar-refractivity contribution in [2.24, 2.45) is 0 Å². The number of para-hydroxylation sites is 2. The van der Waals surface area contributed by atoms with Gasteiger partial charge in [-0.15, -0.1) is 11.3 Å². The average molecular weight is 329 g/mol. The van der Waals surface area contributed by atoms with E-state index in [2.05, 4.69) is 15.6 Å². The molecule has 2 aromatic carbocycles. The average Bonchev–Trinajstić information content (AvgIpc) is 3.04. The van der Waals surface area contributed by atoms with Crippen LogP contribution in [0.4, 0.5) is 20.0 Å². The Morgan fingerprint density at radius 3 is 2.61 bits per heavy atom. The van der Waals surface area contributed by atoms with Gasteiger partial charge in [0.05, 0.1) is 5.69 Å². The Morgan fingerprint density at radius 2 is 1.87 bits per heavy atom. The van der Waals surface area contributed by atoms with Gasteiger partial charge in [-0.05, 0) is 36.4 Å². The van der Waals surface area contributed by atoms with Crippen LogP contribution in [0.15, 0.2) is 60.1 Å². The molecule has 2 amide bonds. The Balaban J connectivity index is 1.72. The third kappa shape index (κ3) is 4.04. The van der Waals surface area contributed by atoms with Crippen LogP contribution in [0.3, 0.4) is 0 Å². The summed E-state index contributed by atoms with van der Waals surface area (Å²) in [7, 11) is 0. The van der Waals surface area contributed by atoms with Crippen molar-refractivity contribution in [1.82, 2.24) is 4.98 Å². The van der Waals surface area contributed by atoms with Gasteiger partial charge in [-0.25, -0.2) is 14.2 Å². The van der Waals surface area contributed by atoms with E-state index in [1.54, 1.807) is 35.8 Å². The van der Waals surface area contributed by atoms with Gasteiger partial charge in [0.2, 0.25) is 0 Å². The normalized spacial score (nSPS) is 10.1. The molecule has 23 heavy (non-hydrogen) atoms. The molecule has 3 rings (SSSR count). The van der Waals surface area contributed by atoms with Crippen molar-refractivity contribution >= 4 is 28.2 Å². The summed E-state index contributed by atoms with van der Waals surface area (Å²) in [6, 6.07) is 12.2. The minimum atomic E-state index is -0.421. The Hall–Kier alpha value is -2.93. The second-order valence-electron chi connectivity index (χ2n) is 4.47. The predicted molar refractivity (Wildman–Crippen MR) is 87.7 cm³/mol. The van der Waals surface area contributed by atoms with Gasteiger partial charge in [0.1, 0.15) is 11.6 Å². The minimum Gasteiger partial charge on any atom is -0.455 e. The molecule has 0 unspecified atom stereocenters. The number of thiazole rings is 1. The highest BCUT2D eigenvalue weighted by atomic mass is 32.1. The number of nitrogens with zero attached hydrogens (tertiary/aromatic N) is 1. The molecule has 2 N–H and O–H groups in total. The SMILES string of the molecule is O=C(Nc1nccs1)Nc1ccccc1Oc1ccc(F)cc1. The molecular weight excluding hydrogens is 317 g/mol. The van der Waals surface area contributed by atoms with Crippen molar-refractivity contribution in [3.8, 4) is 11.5 Å². The molecule has 3 aromatic rings. The van der Waals surface area contributed by atoms with Crippen molar-refractivity contribution in [2.45, 2.75) is 0 Å². The second-order valence-corrected chi connectivity index (χ2v) is 5.36. The maximum Gasteiger partial charge on any atom is 0.325 e. The zero-order valence-electron chi connectivity index (χ0n) is 11.8. The van der Waals surface area contributed by atoms with Crippen LogP contribution < -0.4 is 15.4 Å². The first-order chi connectivity index (χ1) is 11.2. The molecule has 0 saturated heterocycles. The standard InChI is InChI=1S/C16H12FN3O2S/c17-11-5-7-12(8-6-11)22-14-4-2-1-3-13(14)19-15(21)20-16-18-9-10-23-16/h1-10H,(H2,18,19,20,21). The Morgan fingerprint density at radius 1 is 1.09 bits per heavy atom. The molecule has 0 aliphatic rings. The van der Waals surface area contributed by atoms with E-state index in [1.165, 1.54) is 35.6 Å². The zero-order chi connectivity index (χ0) is 16.1. The number of ether oxygens (including phenoxy) is 1. The van der Waals surface area contributed by atoms with Crippen LogP contribution in [0, 0.1) is 5.82 Å². The van der Waals surface area contributed by atoms with Gasteiger partial charge >= 0.3 is 6.03 Å². The largest absolute Gasteiger partial charge is 0.455 e. The zero-order valence-corrected chi connectivity index (χ0v) is 12.6. The minimum absolute atomic E-state index is 0.341. The molecule has 5 nitrogen and oxygen atoms in total. The molecule has 1 aromatic heterocycles. The van der Waals surface area contributed by atoms with Gasteiger partial charge in [-0.1, -0.05) is 12.1 Å². The maximum absolute atomic E-state index is 12.9. The molecule has 0 fully saturated rings. The van der Waals surface area contributed by atoms with E-state index < -0.39 is 6.03 Å². The van der Waals surface area contributed by atoms with E-state index in [9.17, 15) is 9.18 Å². The predicted octanol–water partition coefficient (Wildman–Crippen LogP) is 4.72. The molecule has 0 bridgehead atoms. The van der Waals surface area contributed by atoms with Crippen LogP contribution >= 0.6 is 11.3 Å². The summed E-state index contributed by atoms with van der Waals surface area (Å²) in [5.41, 5.74) is 0.492. The summed E-state index contributed by atoms with van der Waals surface area (Å²) in [5.74, 6) is 0.584. The highest BCUT2D eigenvalue weighted by Crippen LogP contribution is 2.29. The van der Waals surface area contributed by atoms with Crippen LogP contribution in [0.2, 0.25) is 0 Å². The third-order valence-electron chi connectivity index (χ3n) is 2.83. The van der Waals surface area contributed by atoms with Gasteiger partial charge in [-0.2, -0.15) is 0 Å². The summed E-state index contributed by atoms with van der Waals surface area (Å²) in [6.45, 7) is 0. The van der Waals surface area contributed by atoms with Crippen molar-refractivity contribution in [1.29, 1.82) is 0 Å². The fourth-order valence-electron chi connectivity index (χ4n) is 1.82. The van der Waals surface area contributed by atoms with E-state index >= 15 is 0 Å². The van der Waals surface area contributed by atoms with Crippen LogP contribution in [-0.2, 0) is 0 Å². The number of rotatable bonds is 4. The molecule has 7 heteroatoms. The van der Waals surface area contributed by atoms with E-state index in [-0.39, 0.29) is 5.82 Å². The molecule has 0 atom stereocenters. The molecular formula is C16H12FN3O2S. The number of carbonyl (C=O) groups excluding carboxylic acids is 1. The first kappa shape index (κ1) is 15.0. The van der Waals surface area contributed by atoms with Gasteiger partial charge in [0.25, 0.3) is 0 Å². The third-order valence-corrected chi connectivity index (χ3v) is 3.52. The summed E-state index contributed by atoms with van der Waals surface area (Å²) < 4.78 is 18.6. The lowest BCUT2D eigenvalue weighted by atomic mass is 10.3. The lowest BCUT2D eigenvalue weighted by Crippen LogP contribution is -2.19. The number of urea groups is 1. The molecule has 116 valence electrons. The quantitative estimate of drug-likeness (QED) is 0.728. The van der Waals surface area contributed by atoms with Gasteiger partial charge in [-0.3, -0.25) is 5.32 Å². The fourth-order valence-corrected chi connectivity index (χ4v) is 2.35. The first-order valence-corrected chi connectivity index (χ1v) is 7.58. The van der Waals surface area contributed by atoms with Crippen molar-refractivity contribution < 1.29 is 13.9 Å². The van der Waals surface area contributed by atoms with Gasteiger partial charge in [0, 0.05) is 11.6 Å². The topological polar surface area (TPSA) is 63.2 Å². The number of amides is 2. The van der Waals surface area contributed by atoms with E-state index in [4.69, 9.17) is 4.74 Å². The number of benzene rings is 2. The van der Waals surface area contributed by atoms with Gasteiger partial charge < -0.3 is 10.1 Å². The smallest absolute Gasteiger partial charge is 0.325 e. The lowest BCUT2D eigenvalue weighted by molar-refractivity contribution is 0.262. The van der Waals surface area contributed by atoms with Gasteiger partial charge in [0.15, 0.2) is 10.9 Å². The van der Waals surface area contributed by atoms with E-state index in [1.807, 2.05) is 0 Å². The fraction of sp³-hybridized carbons (Fsp3) is 0. The Bertz CT molecular complexity index is 791. The molecule has 0 spiro atoms. The van der Waals surface area contributed by atoms with E-state index in [0.29, 0.717) is 22.3 Å². The van der Waals surface area contributed by atoms with Crippen molar-refractivity contribution in [3.05, 3.63) is 65.9 Å². The highest BCUT2D eigenvalue weighted by molar-refractivity contribution is 7.13. The first-order valence-electron chi connectivity index (χ1n) is 6.71. The van der Waals surface area contributed by atoms with Crippen molar-refractivity contribution in [2.75, 3.05) is 10.6 Å². The summed E-state index contributed by atoms with van der Waals surface area (Å²) in [6.07, 6.45) is 1.60. The Kier molecular flexibility index (Phi) is 4.49. The molecule has 0 saturated carbocycles. The number of hydrogen-bond donors (Lipinski definition) is 2. The van der Waals surface area contributed by atoms with Crippen LogP contribution in [0.25, 0.3) is 0 Å². The summed E-state index contributed by atoms with van der Waals surface area (Å²) in [4.78, 5) is 15.9. The number of carbonyl (C=O) groups is 1. The van der Waals surface area contributed by atoms with E-state index in [0.717, 1.165) is 0 Å². The number of halogens is 1. The van der Waals surface area contributed by atoms with Crippen molar-refractivity contribution in [3.63, 3.8) is 0 Å². The monoisotopic (exact) mass is 329 g/mol. The maximum atomic E-state index is 12.9. The van der Waals surface area contributed by atoms with Crippen LogP contribution in [0.1, 0.15) is 0 Å². The number of hydrogen-bond acceptors (Lipinski definition) is 4. The molecule has 0 radical (unpaired) electrons. The van der Waals surface area contributed by atoms with Crippen LogP contribution in [0.5, 0.6) is 11.5 Å². The molecule has 0 aliphatic heterocycles. The summed E-state index contributed by atoms with van der Waals surface area (Å²) in [5, 5.41) is 7.58. The number of nitrogens with one attached hydrogen (secondary N) is 2. The molecule has 0 aliphatic carbocycles. The van der Waals surface area contributed by atoms with Crippen LogP contribution in [-0.4, -0.2) is 11.0 Å². The Labute approximate surface area is 135 Å². The number of aromatic nitrogens is 1. The lowest BCUT2D eigenvalue weighted by Gasteiger charge is -2.12. The number of anilines is 2. The highest BCUT2D eigenvalue weighted by Gasteiger charge is 2.09. The second kappa shape index (κ2) is 6.89.